The fourth-order valence-corrected chi connectivity index (χ4v) is 2.56. The van der Waals surface area contributed by atoms with Crippen LogP contribution in [-0.4, -0.2) is 43.6 Å². The van der Waals surface area contributed by atoms with Crippen molar-refractivity contribution in [3.05, 3.63) is 24.3 Å². The van der Waals surface area contributed by atoms with Gasteiger partial charge in [-0.2, -0.15) is 0 Å². The Morgan fingerprint density at radius 1 is 1.10 bits per heavy atom. The molecule has 2 rings (SSSR count). The van der Waals surface area contributed by atoms with Crippen LogP contribution in [0.15, 0.2) is 24.3 Å². The summed E-state index contributed by atoms with van der Waals surface area (Å²) < 4.78 is 5.46. The normalized spacial score (nSPS) is 16.0. The van der Waals surface area contributed by atoms with Gasteiger partial charge in [0.25, 0.3) is 0 Å². The first kappa shape index (κ1) is 15.7. The highest BCUT2D eigenvalue weighted by molar-refractivity contribution is 5.81. The highest BCUT2D eigenvalue weighted by Gasteiger charge is 2.29. The number of hydrogen-bond acceptors (Lipinski definition) is 3. The van der Waals surface area contributed by atoms with E-state index in [1.165, 1.54) is 5.69 Å². The Kier molecular flexibility index (Phi) is 4.76. The maximum atomic E-state index is 12.3. The van der Waals surface area contributed by atoms with Crippen molar-refractivity contribution in [2.75, 3.05) is 37.7 Å². The molecular formula is C17H26N2O2. The minimum absolute atomic E-state index is 0.244. The lowest BCUT2D eigenvalue weighted by Crippen LogP contribution is -2.51. The average Bonchev–Trinajstić information content (AvgIpc) is 2.47. The largest absolute Gasteiger partial charge is 0.494 e. The number of nitrogens with zero attached hydrogens (tertiary/aromatic N) is 2. The minimum Gasteiger partial charge on any atom is -0.494 e. The third-order valence-electron chi connectivity index (χ3n) is 3.72. The first-order chi connectivity index (χ1) is 9.91. The van der Waals surface area contributed by atoms with Crippen molar-refractivity contribution in [2.45, 2.75) is 27.7 Å². The smallest absolute Gasteiger partial charge is 0.228 e. The van der Waals surface area contributed by atoms with Gasteiger partial charge in [0.2, 0.25) is 5.91 Å². The molecule has 0 radical (unpaired) electrons. The first-order valence-electron chi connectivity index (χ1n) is 7.69. The molecular weight excluding hydrogens is 264 g/mol. The molecule has 0 bridgehead atoms. The number of hydrogen-bond donors (Lipinski definition) is 0. The predicted molar refractivity (Wildman–Crippen MR) is 85.9 cm³/mol. The molecule has 0 aliphatic carbocycles. The van der Waals surface area contributed by atoms with Crippen LogP contribution in [0.3, 0.4) is 0 Å². The van der Waals surface area contributed by atoms with Crippen LogP contribution in [0.4, 0.5) is 5.69 Å². The lowest BCUT2D eigenvalue weighted by molar-refractivity contribution is -0.139. The monoisotopic (exact) mass is 290 g/mol. The molecule has 1 amide bonds. The van der Waals surface area contributed by atoms with E-state index in [0.717, 1.165) is 31.9 Å². The molecule has 4 heteroatoms. The molecule has 1 saturated heterocycles. The second-order valence-corrected chi connectivity index (χ2v) is 6.46. The molecule has 1 aliphatic rings. The predicted octanol–water partition coefficient (Wildman–Crippen LogP) is 2.78. The summed E-state index contributed by atoms with van der Waals surface area (Å²) in [6.45, 7) is 12.0. The average molecular weight is 290 g/mol. The van der Waals surface area contributed by atoms with E-state index >= 15 is 0 Å². The highest BCUT2D eigenvalue weighted by Crippen LogP contribution is 2.23. The van der Waals surface area contributed by atoms with Gasteiger partial charge in [-0.15, -0.1) is 0 Å². The van der Waals surface area contributed by atoms with Gasteiger partial charge in [-0.25, -0.2) is 0 Å². The molecule has 0 N–H and O–H groups in total. The lowest BCUT2D eigenvalue weighted by Gasteiger charge is -2.38. The number of amides is 1. The van der Waals surface area contributed by atoms with E-state index in [4.69, 9.17) is 4.74 Å². The molecule has 1 heterocycles. The van der Waals surface area contributed by atoms with Gasteiger partial charge in [0.05, 0.1) is 6.61 Å². The fourth-order valence-electron chi connectivity index (χ4n) is 2.56. The van der Waals surface area contributed by atoms with Crippen LogP contribution in [0.1, 0.15) is 27.7 Å². The quantitative estimate of drug-likeness (QED) is 0.858. The minimum atomic E-state index is -0.290. The van der Waals surface area contributed by atoms with E-state index in [0.29, 0.717) is 6.61 Å². The molecule has 0 aromatic heterocycles. The molecule has 0 unspecified atom stereocenters. The first-order valence-corrected chi connectivity index (χ1v) is 7.69. The summed E-state index contributed by atoms with van der Waals surface area (Å²) in [7, 11) is 0. The van der Waals surface area contributed by atoms with Gasteiger partial charge in [-0.1, -0.05) is 20.8 Å². The molecule has 21 heavy (non-hydrogen) atoms. The van der Waals surface area contributed by atoms with Crippen molar-refractivity contribution in [1.29, 1.82) is 0 Å². The fraction of sp³-hybridized carbons (Fsp3) is 0.588. The number of benzene rings is 1. The number of carbonyl (C=O) groups excluding carboxylic acids is 1. The van der Waals surface area contributed by atoms with Crippen LogP contribution < -0.4 is 9.64 Å². The third kappa shape index (κ3) is 3.90. The van der Waals surface area contributed by atoms with Crippen LogP contribution >= 0.6 is 0 Å². The van der Waals surface area contributed by atoms with Crippen LogP contribution in [0.5, 0.6) is 5.75 Å². The summed E-state index contributed by atoms with van der Waals surface area (Å²) in [5.41, 5.74) is 0.905. The van der Waals surface area contributed by atoms with Gasteiger partial charge in [-0.3, -0.25) is 4.79 Å². The maximum absolute atomic E-state index is 12.3. The Balaban J connectivity index is 1.93. The van der Waals surface area contributed by atoms with E-state index in [9.17, 15) is 4.79 Å². The Morgan fingerprint density at radius 3 is 2.14 bits per heavy atom. The summed E-state index contributed by atoms with van der Waals surface area (Å²) in [5.74, 6) is 1.15. The van der Waals surface area contributed by atoms with Gasteiger partial charge < -0.3 is 14.5 Å². The third-order valence-corrected chi connectivity index (χ3v) is 3.72. The summed E-state index contributed by atoms with van der Waals surface area (Å²) in [6, 6.07) is 8.19. The van der Waals surface area contributed by atoms with Gasteiger partial charge in [0, 0.05) is 37.3 Å². The number of piperazine rings is 1. The summed E-state index contributed by atoms with van der Waals surface area (Å²) in [5, 5.41) is 0. The highest BCUT2D eigenvalue weighted by atomic mass is 16.5. The zero-order valence-electron chi connectivity index (χ0n) is 13.6. The maximum Gasteiger partial charge on any atom is 0.228 e. The lowest BCUT2D eigenvalue weighted by atomic mass is 9.94. The van der Waals surface area contributed by atoms with Crippen molar-refractivity contribution in [3.8, 4) is 5.75 Å². The van der Waals surface area contributed by atoms with Crippen molar-refractivity contribution >= 4 is 11.6 Å². The Morgan fingerprint density at radius 2 is 1.67 bits per heavy atom. The molecule has 1 fully saturated rings. The number of rotatable bonds is 3. The van der Waals surface area contributed by atoms with Gasteiger partial charge >= 0.3 is 0 Å². The van der Waals surface area contributed by atoms with Crippen LogP contribution in [-0.2, 0) is 4.79 Å². The number of anilines is 1. The molecule has 0 spiro atoms. The molecule has 1 aromatic carbocycles. The van der Waals surface area contributed by atoms with Gasteiger partial charge in [-0.05, 0) is 31.2 Å². The molecule has 0 atom stereocenters. The van der Waals surface area contributed by atoms with Crippen molar-refractivity contribution in [3.63, 3.8) is 0 Å². The Labute approximate surface area is 127 Å². The topological polar surface area (TPSA) is 32.8 Å². The SMILES string of the molecule is CCOc1ccc(N2CCN(C(=O)C(C)(C)C)CC2)cc1. The molecule has 4 nitrogen and oxygen atoms in total. The summed E-state index contributed by atoms with van der Waals surface area (Å²) in [4.78, 5) is 16.6. The Hall–Kier alpha value is -1.71. The Bertz CT molecular complexity index is 469. The van der Waals surface area contributed by atoms with E-state index in [1.54, 1.807) is 0 Å². The van der Waals surface area contributed by atoms with E-state index in [1.807, 2.05) is 44.7 Å². The van der Waals surface area contributed by atoms with E-state index in [-0.39, 0.29) is 11.3 Å². The zero-order valence-corrected chi connectivity index (χ0v) is 13.6. The number of carbonyl (C=O) groups is 1. The van der Waals surface area contributed by atoms with Gasteiger partial charge in [0.1, 0.15) is 5.75 Å². The molecule has 1 aliphatic heterocycles. The van der Waals surface area contributed by atoms with E-state index in [2.05, 4.69) is 17.0 Å². The van der Waals surface area contributed by atoms with Crippen LogP contribution in [0.2, 0.25) is 0 Å². The second-order valence-electron chi connectivity index (χ2n) is 6.46. The number of ether oxygens (including phenoxy) is 1. The second kappa shape index (κ2) is 6.37. The van der Waals surface area contributed by atoms with Gasteiger partial charge in [0.15, 0.2) is 0 Å². The molecule has 116 valence electrons. The van der Waals surface area contributed by atoms with Crippen molar-refractivity contribution < 1.29 is 9.53 Å². The molecule has 1 aromatic rings. The molecule has 0 saturated carbocycles. The van der Waals surface area contributed by atoms with Crippen molar-refractivity contribution in [1.82, 2.24) is 4.90 Å². The zero-order chi connectivity index (χ0) is 15.5. The standard InChI is InChI=1S/C17H26N2O2/c1-5-21-15-8-6-14(7-9-15)18-10-12-19(13-11-18)16(20)17(2,3)4/h6-9H,5,10-13H2,1-4H3. The summed E-state index contributed by atoms with van der Waals surface area (Å²) in [6.07, 6.45) is 0. The van der Waals surface area contributed by atoms with Crippen LogP contribution in [0.25, 0.3) is 0 Å². The van der Waals surface area contributed by atoms with Crippen molar-refractivity contribution in [2.24, 2.45) is 5.41 Å². The van der Waals surface area contributed by atoms with Crippen LogP contribution in [0, 0.1) is 5.41 Å². The van der Waals surface area contributed by atoms with E-state index < -0.39 is 0 Å². The summed E-state index contributed by atoms with van der Waals surface area (Å²) >= 11 is 0.